The van der Waals surface area contributed by atoms with E-state index in [1.54, 1.807) is 18.2 Å². The van der Waals surface area contributed by atoms with E-state index in [0.717, 1.165) is 10.4 Å². The van der Waals surface area contributed by atoms with Crippen molar-refractivity contribution < 1.29 is 14.7 Å². The van der Waals surface area contributed by atoms with Crippen LogP contribution < -0.4 is 9.94 Å². The van der Waals surface area contributed by atoms with Gasteiger partial charge in [-0.3, -0.25) is 0 Å². The van der Waals surface area contributed by atoms with E-state index in [9.17, 15) is 9.90 Å². The van der Waals surface area contributed by atoms with Gasteiger partial charge in [-0.25, -0.2) is 0 Å². The number of hydrogen-bond donors (Lipinski definition) is 0. The van der Waals surface area contributed by atoms with Gasteiger partial charge in [0, 0.05) is 0 Å². The molecule has 0 spiro atoms. The molecule has 0 N–H and O–H groups in total. The summed E-state index contributed by atoms with van der Waals surface area (Å²) in [5.74, 6) is 0. The number of benzene rings is 1. The van der Waals surface area contributed by atoms with E-state index in [1.165, 1.54) is 0 Å². The van der Waals surface area contributed by atoms with Crippen LogP contribution in [0.25, 0.3) is 11.0 Å². The first-order valence-electron chi connectivity index (χ1n) is 4.56. The van der Waals surface area contributed by atoms with E-state index in [-0.39, 0.29) is 0 Å². The molecule has 0 bridgehead atoms. The Morgan fingerprint density at radius 2 is 2.44 bits per heavy atom. The summed E-state index contributed by atoms with van der Waals surface area (Å²) in [4.78, 5) is 15.4. The third-order valence-corrected chi connectivity index (χ3v) is 2.06. The molecular weight excluding hydrogens is 210 g/mol. The van der Waals surface area contributed by atoms with Crippen LogP contribution in [-0.2, 0) is 6.42 Å². The number of aromatic nitrogens is 3. The number of rotatable bonds is 3. The van der Waals surface area contributed by atoms with Crippen molar-refractivity contribution in [2.45, 2.75) is 6.42 Å². The molecule has 0 radical (unpaired) electrons. The normalized spacial score (nSPS) is 10.2. The number of carbonyl (C=O) groups is 1. The number of hydrogen-bond acceptors (Lipinski definition) is 5. The Morgan fingerprint density at radius 3 is 3.12 bits per heavy atom. The van der Waals surface area contributed by atoms with Crippen molar-refractivity contribution in [3.63, 3.8) is 0 Å². The first-order valence-corrected chi connectivity index (χ1v) is 4.56. The zero-order valence-corrected chi connectivity index (χ0v) is 8.29. The lowest BCUT2D eigenvalue weighted by Crippen LogP contribution is -2.33. The van der Waals surface area contributed by atoms with Gasteiger partial charge in [-0.1, -0.05) is 18.2 Å². The molecule has 0 saturated heterocycles. The largest absolute Gasteiger partial charge is 0.424 e. The average molecular weight is 218 g/mol. The van der Waals surface area contributed by atoms with Crippen LogP contribution in [0.3, 0.4) is 0 Å². The minimum absolute atomic E-state index is 0.476. The third kappa shape index (κ3) is 1.72. The topological polar surface area (TPSA) is 80.1 Å². The minimum Gasteiger partial charge on any atom is -0.424 e. The second kappa shape index (κ2) is 4.01. The highest BCUT2D eigenvalue weighted by Gasteiger charge is 2.07. The Labute approximate surface area is 90.7 Å². The molecule has 0 aliphatic carbocycles. The molecular formula is C10H8N3O3-. The first-order chi connectivity index (χ1) is 7.72. The maximum Gasteiger partial charge on any atom is 0.274 e. The average Bonchev–Trinajstić information content (AvgIpc) is 2.63. The van der Waals surface area contributed by atoms with Crippen LogP contribution in [0.5, 0.6) is 0 Å². The molecule has 0 unspecified atom stereocenters. The van der Waals surface area contributed by atoms with Gasteiger partial charge in [0.1, 0.15) is 11.0 Å². The predicted octanol–water partition coefficient (Wildman–Crippen LogP) is -0.0683. The predicted molar refractivity (Wildman–Crippen MR) is 53.4 cm³/mol. The van der Waals surface area contributed by atoms with E-state index in [0.29, 0.717) is 17.5 Å². The molecule has 1 aromatic heterocycles. The molecule has 1 heterocycles. The molecule has 6 nitrogen and oxygen atoms in total. The van der Waals surface area contributed by atoms with Crippen LogP contribution in [0.15, 0.2) is 30.9 Å². The van der Waals surface area contributed by atoms with Crippen molar-refractivity contribution >= 4 is 17.2 Å². The molecule has 2 aromatic rings. The summed E-state index contributed by atoms with van der Waals surface area (Å²) >= 11 is 0. The Bertz CT molecular complexity index is 547. The Balaban J connectivity index is 2.52. The number of allylic oxidation sites excluding steroid dienone is 1. The quantitative estimate of drug-likeness (QED) is 0.532. The standard InChI is InChI=1S/C10H9N3O3/c1-2-4-7-5-3-6-8-9(7)11-12-13(8)16-10(14)15/h2-3,5-6H,1,4H2,(H,14,15)/p-1. The molecule has 2 rings (SSSR count). The SMILES string of the molecule is C=CCc1cccc2c1nnn2OC(=O)[O-]. The van der Waals surface area contributed by atoms with E-state index < -0.39 is 6.16 Å². The summed E-state index contributed by atoms with van der Waals surface area (Å²) in [6.45, 7) is 3.63. The maximum absolute atomic E-state index is 10.3. The summed E-state index contributed by atoms with van der Waals surface area (Å²) in [5, 5.41) is 17.7. The highest BCUT2D eigenvalue weighted by Crippen LogP contribution is 2.15. The van der Waals surface area contributed by atoms with Gasteiger partial charge in [-0.2, -0.15) is 0 Å². The second-order valence-corrected chi connectivity index (χ2v) is 3.08. The van der Waals surface area contributed by atoms with Crippen molar-refractivity contribution in [1.82, 2.24) is 15.2 Å². The van der Waals surface area contributed by atoms with Gasteiger partial charge in [-0.15, -0.1) is 16.5 Å². The van der Waals surface area contributed by atoms with Crippen LogP contribution in [0.4, 0.5) is 4.79 Å². The van der Waals surface area contributed by atoms with Crippen LogP contribution in [0, 0.1) is 0 Å². The molecule has 0 amide bonds. The molecule has 0 fully saturated rings. The lowest BCUT2D eigenvalue weighted by Gasteiger charge is -2.06. The summed E-state index contributed by atoms with van der Waals surface area (Å²) in [7, 11) is 0. The van der Waals surface area contributed by atoms with Crippen LogP contribution >= 0.6 is 0 Å². The number of fused-ring (bicyclic) bond motifs is 1. The monoisotopic (exact) mass is 218 g/mol. The highest BCUT2D eigenvalue weighted by molar-refractivity contribution is 5.78. The van der Waals surface area contributed by atoms with E-state index in [4.69, 9.17) is 0 Å². The molecule has 0 saturated carbocycles. The highest BCUT2D eigenvalue weighted by atomic mass is 16.8. The van der Waals surface area contributed by atoms with E-state index in [2.05, 4.69) is 21.7 Å². The second-order valence-electron chi connectivity index (χ2n) is 3.08. The van der Waals surface area contributed by atoms with Gasteiger partial charge < -0.3 is 14.7 Å². The summed E-state index contributed by atoms with van der Waals surface area (Å²) in [6.07, 6.45) is 0.676. The van der Waals surface area contributed by atoms with Crippen LogP contribution in [-0.4, -0.2) is 21.3 Å². The minimum atomic E-state index is -1.68. The van der Waals surface area contributed by atoms with Gasteiger partial charge in [-0.05, 0) is 23.3 Å². The number of nitrogens with zero attached hydrogens (tertiary/aromatic N) is 3. The molecule has 0 aliphatic rings. The number of carbonyl (C=O) groups excluding carboxylic acids is 1. The number of carboxylic acid groups (broad SMARTS) is 1. The van der Waals surface area contributed by atoms with Crippen LogP contribution in [0.1, 0.15) is 5.56 Å². The summed E-state index contributed by atoms with van der Waals surface area (Å²) < 4.78 is 0. The van der Waals surface area contributed by atoms with Gasteiger partial charge in [0.2, 0.25) is 0 Å². The molecule has 16 heavy (non-hydrogen) atoms. The molecule has 6 heteroatoms. The fourth-order valence-electron chi connectivity index (χ4n) is 1.44. The van der Waals surface area contributed by atoms with Crippen molar-refractivity contribution in [2.75, 3.05) is 0 Å². The Morgan fingerprint density at radius 1 is 1.62 bits per heavy atom. The van der Waals surface area contributed by atoms with E-state index in [1.807, 2.05) is 6.07 Å². The molecule has 0 aliphatic heterocycles. The zero-order valence-electron chi connectivity index (χ0n) is 8.29. The van der Waals surface area contributed by atoms with Gasteiger partial charge in [0.05, 0.1) is 0 Å². The summed E-state index contributed by atoms with van der Waals surface area (Å²) in [6, 6.07) is 5.28. The van der Waals surface area contributed by atoms with Crippen molar-refractivity contribution in [1.29, 1.82) is 0 Å². The van der Waals surface area contributed by atoms with Gasteiger partial charge in [0.25, 0.3) is 6.16 Å². The molecule has 0 atom stereocenters. The Kier molecular flexibility index (Phi) is 2.55. The van der Waals surface area contributed by atoms with Crippen molar-refractivity contribution in [3.8, 4) is 0 Å². The fraction of sp³-hybridized carbons (Fsp3) is 0.100. The molecule has 82 valence electrons. The van der Waals surface area contributed by atoms with Gasteiger partial charge >= 0.3 is 0 Å². The maximum atomic E-state index is 10.3. The van der Waals surface area contributed by atoms with E-state index >= 15 is 0 Å². The van der Waals surface area contributed by atoms with Gasteiger partial charge in [0.15, 0.2) is 0 Å². The summed E-state index contributed by atoms with van der Waals surface area (Å²) in [5.41, 5.74) is 1.97. The van der Waals surface area contributed by atoms with Crippen molar-refractivity contribution in [3.05, 3.63) is 36.4 Å². The first kappa shape index (κ1) is 10.2. The van der Waals surface area contributed by atoms with Crippen LogP contribution in [0.2, 0.25) is 0 Å². The smallest absolute Gasteiger partial charge is 0.274 e. The third-order valence-electron chi connectivity index (χ3n) is 2.06. The molecule has 1 aromatic carbocycles. The van der Waals surface area contributed by atoms with Crippen molar-refractivity contribution in [2.24, 2.45) is 0 Å². The fourth-order valence-corrected chi connectivity index (χ4v) is 1.44. The lowest BCUT2D eigenvalue weighted by molar-refractivity contribution is -0.283. The Hall–Kier alpha value is -2.37. The zero-order chi connectivity index (χ0) is 11.5. The lowest BCUT2D eigenvalue weighted by atomic mass is 10.1.